The minimum atomic E-state index is -0.0737. The number of aromatic nitrogens is 3. The average molecular weight is 364 g/mol. The van der Waals surface area contributed by atoms with E-state index in [1.54, 1.807) is 7.11 Å². The maximum Gasteiger partial charge on any atom is 0.102 e. The second-order valence-corrected chi connectivity index (χ2v) is 7.07. The van der Waals surface area contributed by atoms with Gasteiger partial charge >= 0.3 is 0 Å². The molecule has 1 atom stereocenters. The SMILES string of the molecule is COC(Cn1cc(CCN2CCC(N)CC2)nn1)c1ccc(Cl)cc1. The molecule has 2 N–H and O–H groups in total. The fraction of sp³-hybridized carbons (Fsp3) is 0.556. The average Bonchev–Trinajstić information content (AvgIpc) is 3.08. The van der Waals surface area contributed by atoms with E-state index in [9.17, 15) is 0 Å². The number of ether oxygens (including phenoxy) is 1. The minimum Gasteiger partial charge on any atom is -0.375 e. The van der Waals surface area contributed by atoms with Gasteiger partial charge in [-0.15, -0.1) is 5.10 Å². The molecule has 3 rings (SSSR count). The third-order valence-electron chi connectivity index (χ3n) is 4.78. The van der Waals surface area contributed by atoms with Gasteiger partial charge in [-0.05, 0) is 43.6 Å². The molecule has 0 saturated carbocycles. The van der Waals surface area contributed by atoms with Crippen molar-refractivity contribution < 1.29 is 4.74 Å². The Balaban J connectivity index is 1.52. The van der Waals surface area contributed by atoms with Crippen LogP contribution >= 0.6 is 11.6 Å². The van der Waals surface area contributed by atoms with Crippen LogP contribution in [0.25, 0.3) is 0 Å². The third-order valence-corrected chi connectivity index (χ3v) is 5.03. The van der Waals surface area contributed by atoms with Gasteiger partial charge in [0.15, 0.2) is 0 Å². The lowest BCUT2D eigenvalue weighted by Gasteiger charge is -2.29. The topological polar surface area (TPSA) is 69.2 Å². The van der Waals surface area contributed by atoms with Gasteiger partial charge in [0, 0.05) is 37.3 Å². The smallest absolute Gasteiger partial charge is 0.102 e. The Bertz CT molecular complexity index is 652. The summed E-state index contributed by atoms with van der Waals surface area (Å²) in [5, 5.41) is 9.26. The van der Waals surface area contributed by atoms with Crippen molar-refractivity contribution in [3.63, 3.8) is 0 Å². The van der Waals surface area contributed by atoms with Crippen molar-refractivity contribution in [2.45, 2.75) is 38.0 Å². The molecule has 1 aromatic heterocycles. The van der Waals surface area contributed by atoms with E-state index in [1.165, 1.54) is 0 Å². The van der Waals surface area contributed by atoms with Gasteiger partial charge in [0.25, 0.3) is 0 Å². The number of benzene rings is 1. The van der Waals surface area contributed by atoms with Crippen LogP contribution in [-0.4, -0.2) is 52.7 Å². The van der Waals surface area contributed by atoms with E-state index < -0.39 is 0 Å². The lowest BCUT2D eigenvalue weighted by Crippen LogP contribution is -2.40. The molecule has 1 aliphatic heterocycles. The molecule has 7 heteroatoms. The summed E-state index contributed by atoms with van der Waals surface area (Å²) in [6, 6.07) is 8.08. The number of nitrogens with two attached hydrogens (primary N) is 1. The van der Waals surface area contributed by atoms with Gasteiger partial charge in [0.2, 0.25) is 0 Å². The molecule has 0 amide bonds. The highest BCUT2D eigenvalue weighted by Crippen LogP contribution is 2.21. The molecule has 1 saturated heterocycles. The van der Waals surface area contributed by atoms with Crippen LogP contribution in [0.3, 0.4) is 0 Å². The zero-order valence-electron chi connectivity index (χ0n) is 14.6. The molecule has 0 spiro atoms. The monoisotopic (exact) mass is 363 g/mol. The molecule has 1 aromatic carbocycles. The van der Waals surface area contributed by atoms with Gasteiger partial charge in [-0.3, -0.25) is 0 Å². The van der Waals surface area contributed by atoms with E-state index in [2.05, 4.69) is 15.2 Å². The highest BCUT2D eigenvalue weighted by molar-refractivity contribution is 6.30. The summed E-state index contributed by atoms with van der Waals surface area (Å²) in [5.74, 6) is 0. The third kappa shape index (κ3) is 5.25. The molecule has 1 fully saturated rings. The summed E-state index contributed by atoms with van der Waals surface area (Å²) in [6.45, 7) is 3.80. The Kier molecular flexibility index (Phi) is 6.42. The summed E-state index contributed by atoms with van der Waals surface area (Å²) >= 11 is 5.95. The normalized spacial score (nSPS) is 17.7. The van der Waals surface area contributed by atoms with E-state index in [-0.39, 0.29) is 6.10 Å². The van der Waals surface area contributed by atoms with Crippen LogP contribution in [0, 0.1) is 0 Å². The van der Waals surface area contributed by atoms with Crippen molar-refractivity contribution in [3.8, 4) is 0 Å². The Morgan fingerprint density at radius 1 is 1.28 bits per heavy atom. The first-order valence-corrected chi connectivity index (χ1v) is 9.17. The van der Waals surface area contributed by atoms with E-state index in [0.717, 1.165) is 55.2 Å². The number of piperidine rings is 1. The quantitative estimate of drug-likeness (QED) is 0.817. The van der Waals surface area contributed by atoms with Crippen molar-refractivity contribution in [1.82, 2.24) is 19.9 Å². The van der Waals surface area contributed by atoms with E-state index >= 15 is 0 Å². The Hall–Kier alpha value is -1.47. The molecule has 6 nitrogen and oxygen atoms in total. The maximum absolute atomic E-state index is 5.95. The highest BCUT2D eigenvalue weighted by atomic mass is 35.5. The molecule has 0 bridgehead atoms. The molecule has 25 heavy (non-hydrogen) atoms. The predicted octanol–water partition coefficient (Wildman–Crippen LogP) is 2.28. The van der Waals surface area contributed by atoms with Gasteiger partial charge in [-0.2, -0.15) is 0 Å². The zero-order chi connectivity index (χ0) is 17.6. The van der Waals surface area contributed by atoms with Gasteiger partial charge in [0.05, 0.1) is 12.2 Å². The molecular weight excluding hydrogens is 338 g/mol. The van der Waals surface area contributed by atoms with E-state index in [4.69, 9.17) is 22.1 Å². The van der Waals surface area contributed by atoms with Crippen LogP contribution in [-0.2, 0) is 17.7 Å². The first-order chi connectivity index (χ1) is 12.1. The van der Waals surface area contributed by atoms with Gasteiger partial charge in [-0.1, -0.05) is 28.9 Å². The molecule has 0 aliphatic carbocycles. The molecule has 0 radical (unpaired) electrons. The maximum atomic E-state index is 5.95. The van der Waals surface area contributed by atoms with Gasteiger partial charge < -0.3 is 15.4 Å². The fourth-order valence-corrected chi connectivity index (χ4v) is 3.28. The fourth-order valence-electron chi connectivity index (χ4n) is 3.15. The molecule has 2 heterocycles. The van der Waals surface area contributed by atoms with Gasteiger partial charge in [-0.25, -0.2) is 4.68 Å². The minimum absolute atomic E-state index is 0.0737. The van der Waals surface area contributed by atoms with Crippen LogP contribution < -0.4 is 5.73 Å². The van der Waals surface area contributed by atoms with Crippen molar-refractivity contribution >= 4 is 11.6 Å². The zero-order valence-corrected chi connectivity index (χ0v) is 15.4. The van der Waals surface area contributed by atoms with Crippen molar-refractivity contribution in [1.29, 1.82) is 0 Å². The first-order valence-electron chi connectivity index (χ1n) is 8.79. The largest absolute Gasteiger partial charge is 0.375 e. The summed E-state index contributed by atoms with van der Waals surface area (Å²) < 4.78 is 7.45. The number of methoxy groups -OCH3 is 1. The number of hydrogen-bond acceptors (Lipinski definition) is 5. The van der Waals surface area contributed by atoms with E-state index in [0.29, 0.717) is 12.6 Å². The lowest BCUT2D eigenvalue weighted by molar-refractivity contribution is 0.0841. The lowest BCUT2D eigenvalue weighted by atomic mass is 10.1. The van der Waals surface area contributed by atoms with Crippen molar-refractivity contribution in [2.24, 2.45) is 5.73 Å². The van der Waals surface area contributed by atoms with Crippen molar-refractivity contribution in [3.05, 3.63) is 46.7 Å². The van der Waals surface area contributed by atoms with Crippen LogP contribution in [0.2, 0.25) is 5.02 Å². The number of halogens is 1. The summed E-state index contributed by atoms with van der Waals surface area (Å²) in [6.07, 6.45) is 5.02. The predicted molar refractivity (Wildman–Crippen MR) is 98.6 cm³/mol. The second kappa shape index (κ2) is 8.76. The Morgan fingerprint density at radius 3 is 2.68 bits per heavy atom. The standard InChI is InChI=1S/C18H26ClN5O/c1-25-18(14-2-4-15(19)5-3-14)13-24-12-17(21-22-24)8-11-23-9-6-16(20)7-10-23/h2-5,12,16,18H,6-11,13,20H2,1H3. The van der Waals surface area contributed by atoms with E-state index in [1.807, 2.05) is 35.1 Å². The first kappa shape index (κ1) is 18.3. The Morgan fingerprint density at radius 2 is 2.00 bits per heavy atom. The Labute approximate surface area is 153 Å². The summed E-state index contributed by atoms with van der Waals surface area (Å²) in [5.41, 5.74) is 8.04. The summed E-state index contributed by atoms with van der Waals surface area (Å²) in [7, 11) is 1.71. The van der Waals surface area contributed by atoms with Crippen LogP contribution in [0.4, 0.5) is 0 Å². The number of likely N-dealkylation sites (tertiary alicyclic amines) is 1. The van der Waals surface area contributed by atoms with Crippen LogP contribution in [0.5, 0.6) is 0 Å². The molecular formula is C18H26ClN5O. The summed E-state index contributed by atoms with van der Waals surface area (Å²) in [4.78, 5) is 2.45. The highest BCUT2D eigenvalue weighted by Gasteiger charge is 2.17. The molecule has 136 valence electrons. The van der Waals surface area contributed by atoms with Crippen LogP contribution in [0.15, 0.2) is 30.5 Å². The molecule has 1 aliphatic rings. The van der Waals surface area contributed by atoms with Crippen LogP contribution in [0.1, 0.15) is 30.2 Å². The number of nitrogens with zero attached hydrogens (tertiary/aromatic N) is 4. The number of hydrogen-bond donors (Lipinski definition) is 1. The number of rotatable bonds is 7. The molecule has 2 aromatic rings. The van der Waals surface area contributed by atoms with Crippen molar-refractivity contribution in [2.75, 3.05) is 26.7 Å². The second-order valence-electron chi connectivity index (χ2n) is 6.64. The molecule has 1 unspecified atom stereocenters. The van der Waals surface area contributed by atoms with Gasteiger partial charge in [0.1, 0.15) is 6.10 Å².